The normalized spacial score (nSPS) is 11.8. The first-order valence-electron chi connectivity index (χ1n) is 5.23. The first-order chi connectivity index (χ1) is 7.00. The third kappa shape index (κ3) is 3.18. The molecule has 1 nitrogen and oxygen atoms in total. The van der Waals surface area contributed by atoms with Crippen LogP contribution in [0, 0.1) is 5.82 Å². The van der Waals surface area contributed by atoms with Crippen molar-refractivity contribution in [2.24, 2.45) is 5.73 Å². The quantitative estimate of drug-likeness (QED) is 0.840. The van der Waals surface area contributed by atoms with Crippen LogP contribution in [0.4, 0.5) is 4.39 Å². The Morgan fingerprint density at radius 2 is 1.93 bits per heavy atom. The molecule has 0 aromatic heterocycles. The van der Waals surface area contributed by atoms with E-state index in [1.165, 1.54) is 6.07 Å². The summed E-state index contributed by atoms with van der Waals surface area (Å²) in [5, 5.41) is 0.161. The molecule has 0 saturated heterocycles. The van der Waals surface area contributed by atoms with Crippen molar-refractivity contribution in [3.8, 4) is 0 Å². The molecule has 3 heteroatoms. The molecule has 15 heavy (non-hydrogen) atoms. The lowest BCUT2D eigenvalue weighted by Gasteiger charge is -2.26. The van der Waals surface area contributed by atoms with Crippen LogP contribution in [0.1, 0.15) is 32.3 Å². The van der Waals surface area contributed by atoms with Crippen molar-refractivity contribution < 1.29 is 4.39 Å². The van der Waals surface area contributed by atoms with Gasteiger partial charge in [0, 0.05) is 5.54 Å². The van der Waals surface area contributed by atoms with Crippen LogP contribution in [0.5, 0.6) is 0 Å². The highest BCUT2D eigenvalue weighted by Gasteiger charge is 2.20. The van der Waals surface area contributed by atoms with E-state index >= 15 is 0 Å². The molecule has 84 valence electrons. The summed E-state index contributed by atoms with van der Waals surface area (Å²) in [6.07, 6.45) is 2.45. The molecule has 0 radical (unpaired) electrons. The maximum Gasteiger partial charge on any atom is 0.142 e. The van der Waals surface area contributed by atoms with E-state index in [0.717, 1.165) is 18.4 Å². The van der Waals surface area contributed by atoms with Crippen LogP contribution in [-0.4, -0.2) is 5.54 Å². The minimum absolute atomic E-state index is 0.161. The molecule has 0 saturated carbocycles. The number of nitrogens with two attached hydrogens (primary N) is 1. The fourth-order valence-electron chi connectivity index (χ4n) is 1.56. The van der Waals surface area contributed by atoms with E-state index in [-0.39, 0.29) is 16.4 Å². The van der Waals surface area contributed by atoms with Gasteiger partial charge in [-0.2, -0.15) is 0 Å². The zero-order chi connectivity index (χ0) is 11.5. The predicted octanol–water partition coefficient (Wildman–Crippen LogP) is 3.54. The third-order valence-electron chi connectivity index (χ3n) is 2.95. The van der Waals surface area contributed by atoms with E-state index in [2.05, 4.69) is 13.8 Å². The molecular weight excluding hydrogens is 213 g/mol. The Hall–Kier alpha value is -0.600. The average molecular weight is 230 g/mol. The summed E-state index contributed by atoms with van der Waals surface area (Å²) in [6, 6.07) is 4.88. The van der Waals surface area contributed by atoms with Gasteiger partial charge in [-0.15, -0.1) is 0 Å². The van der Waals surface area contributed by atoms with Crippen molar-refractivity contribution in [2.75, 3.05) is 0 Å². The standard InChI is InChI=1S/C12H17ClFN/c1-3-12(15,4-2)8-9-5-6-10(13)11(14)7-9/h5-7H,3-4,8,15H2,1-2H3. The van der Waals surface area contributed by atoms with Gasteiger partial charge in [0.25, 0.3) is 0 Å². The minimum Gasteiger partial charge on any atom is -0.325 e. The summed E-state index contributed by atoms with van der Waals surface area (Å²) in [5.41, 5.74) is 6.83. The monoisotopic (exact) mass is 229 g/mol. The second kappa shape index (κ2) is 4.95. The van der Waals surface area contributed by atoms with Crippen LogP contribution < -0.4 is 5.73 Å². The first kappa shape index (κ1) is 12.5. The summed E-state index contributed by atoms with van der Waals surface area (Å²) < 4.78 is 13.2. The van der Waals surface area contributed by atoms with E-state index in [1.807, 2.05) is 6.07 Å². The van der Waals surface area contributed by atoms with E-state index in [0.29, 0.717) is 6.42 Å². The van der Waals surface area contributed by atoms with Crippen LogP contribution in [0.15, 0.2) is 18.2 Å². The predicted molar refractivity (Wildman–Crippen MR) is 62.6 cm³/mol. The molecule has 0 aliphatic carbocycles. The van der Waals surface area contributed by atoms with E-state index in [4.69, 9.17) is 17.3 Å². The summed E-state index contributed by atoms with van der Waals surface area (Å²) in [6.45, 7) is 4.10. The van der Waals surface area contributed by atoms with Gasteiger partial charge in [-0.25, -0.2) is 4.39 Å². The van der Waals surface area contributed by atoms with Gasteiger partial charge in [-0.3, -0.25) is 0 Å². The molecule has 0 unspecified atom stereocenters. The second-order valence-electron chi connectivity index (χ2n) is 3.99. The summed E-state index contributed by atoms with van der Waals surface area (Å²) >= 11 is 5.61. The maximum atomic E-state index is 13.2. The van der Waals surface area contributed by atoms with Crippen molar-refractivity contribution in [1.82, 2.24) is 0 Å². The molecule has 2 N–H and O–H groups in total. The molecule has 1 aromatic carbocycles. The van der Waals surface area contributed by atoms with Gasteiger partial charge in [0.05, 0.1) is 5.02 Å². The molecule has 0 aliphatic heterocycles. The molecule has 1 rings (SSSR count). The van der Waals surface area contributed by atoms with Crippen molar-refractivity contribution in [3.63, 3.8) is 0 Å². The fourth-order valence-corrected chi connectivity index (χ4v) is 1.67. The van der Waals surface area contributed by atoms with E-state index < -0.39 is 0 Å². The topological polar surface area (TPSA) is 26.0 Å². The number of benzene rings is 1. The Morgan fingerprint density at radius 1 is 1.33 bits per heavy atom. The molecule has 0 fully saturated rings. The summed E-state index contributed by atoms with van der Waals surface area (Å²) in [5.74, 6) is -0.372. The average Bonchev–Trinajstić information content (AvgIpc) is 2.23. The highest BCUT2D eigenvalue weighted by atomic mass is 35.5. The van der Waals surface area contributed by atoms with Crippen LogP contribution in [0.2, 0.25) is 5.02 Å². The lowest BCUT2D eigenvalue weighted by atomic mass is 9.87. The van der Waals surface area contributed by atoms with Crippen LogP contribution >= 0.6 is 11.6 Å². The molecule has 0 spiro atoms. The number of hydrogen-bond acceptors (Lipinski definition) is 1. The maximum absolute atomic E-state index is 13.2. The minimum atomic E-state index is -0.372. The number of hydrogen-bond donors (Lipinski definition) is 1. The summed E-state index contributed by atoms with van der Waals surface area (Å²) in [4.78, 5) is 0. The largest absolute Gasteiger partial charge is 0.325 e. The van der Waals surface area contributed by atoms with Gasteiger partial charge in [0.2, 0.25) is 0 Å². The lowest BCUT2D eigenvalue weighted by Crippen LogP contribution is -2.40. The van der Waals surface area contributed by atoms with Crippen molar-refractivity contribution >= 4 is 11.6 Å². The Labute approximate surface area is 95.4 Å². The van der Waals surface area contributed by atoms with Crippen molar-refractivity contribution in [3.05, 3.63) is 34.6 Å². The second-order valence-corrected chi connectivity index (χ2v) is 4.40. The van der Waals surface area contributed by atoms with Gasteiger partial charge in [0.15, 0.2) is 0 Å². The van der Waals surface area contributed by atoms with Gasteiger partial charge < -0.3 is 5.73 Å². The Kier molecular flexibility index (Phi) is 4.12. The smallest absolute Gasteiger partial charge is 0.142 e. The Morgan fingerprint density at radius 3 is 2.40 bits per heavy atom. The van der Waals surface area contributed by atoms with Gasteiger partial charge in [-0.05, 0) is 37.0 Å². The number of rotatable bonds is 4. The van der Waals surface area contributed by atoms with Crippen molar-refractivity contribution in [2.45, 2.75) is 38.6 Å². The molecule has 0 bridgehead atoms. The highest BCUT2D eigenvalue weighted by molar-refractivity contribution is 6.30. The van der Waals surface area contributed by atoms with Gasteiger partial charge in [0.1, 0.15) is 5.82 Å². The van der Waals surface area contributed by atoms with E-state index in [9.17, 15) is 4.39 Å². The molecule has 0 atom stereocenters. The van der Waals surface area contributed by atoms with E-state index in [1.54, 1.807) is 6.07 Å². The lowest BCUT2D eigenvalue weighted by molar-refractivity contribution is 0.392. The van der Waals surface area contributed by atoms with Crippen LogP contribution in [0.3, 0.4) is 0 Å². The Bertz CT molecular complexity index is 334. The fraction of sp³-hybridized carbons (Fsp3) is 0.500. The molecule has 0 heterocycles. The highest BCUT2D eigenvalue weighted by Crippen LogP contribution is 2.21. The molecular formula is C12H17ClFN. The SMILES string of the molecule is CCC(N)(CC)Cc1ccc(Cl)c(F)c1. The molecule has 0 amide bonds. The first-order valence-corrected chi connectivity index (χ1v) is 5.61. The number of halogens is 2. The third-order valence-corrected chi connectivity index (χ3v) is 3.25. The Balaban J connectivity index is 2.85. The molecule has 0 aliphatic rings. The molecule has 1 aromatic rings. The van der Waals surface area contributed by atoms with Gasteiger partial charge >= 0.3 is 0 Å². The van der Waals surface area contributed by atoms with Crippen molar-refractivity contribution in [1.29, 1.82) is 0 Å². The zero-order valence-electron chi connectivity index (χ0n) is 9.19. The van der Waals surface area contributed by atoms with Crippen LogP contribution in [-0.2, 0) is 6.42 Å². The zero-order valence-corrected chi connectivity index (χ0v) is 9.94. The van der Waals surface area contributed by atoms with Gasteiger partial charge in [-0.1, -0.05) is 31.5 Å². The summed E-state index contributed by atoms with van der Waals surface area (Å²) in [7, 11) is 0. The van der Waals surface area contributed by atoms with Crippen LogP contribution in [0.25, 0.3) is 0 Å².